The quantitative estimate of drug-likeness (QED) is 0.760. The van der Waals surface area contributed by atoms with Gasteiger partial charge in [-0.25, -0.2) is 0 Å². The maximum absolute atomic E-state index is 12.2. The molecule has 3 N–H and O–H groups in total. The molecule has 1 aliphatic rings. The fourth-order valence-corrected chi connectivity index (χ4v) is 2.46. The second kappa shape index (κ2) is 6.18. The smallest absolute Gasteiger partial charge is 0.232 e. The second-order valence-electron chi connectivity index (χ2n) is 5.89. The molecule has 1 unspecified atom stereocenters. The van der Waals surface area contributed by atoms with Crippen LogP contribution >= 0.6 is 12.2 Å². The van der Waals surface area contributed by atoms with Gasteiger partial charge in [0.25, 0.3) is 0 Å². The van der Waals surface area contributed by atoms with Gasteiger partial charge >= 0.3 is 0 Å². The van der Waals surface area contributed by atoms with Crippen molar-refractivity contribution in [3.63, 3.8) is 0 Å². The first-order chi connectivity index (χ1) is 8.77. The third-order valence-electron chi connectivity index (χ3n) is 4.30. The first kappa shape index (κ1) is 16.4. The largest absolute Gasteiger partial charge is 0.392 e. The molecule has 0 aromatic heterocycles. The third-order valence-corrected chi connectivity index (χ3v) is 4.81. The van der Waals surface area contributed by atoms with Crippen molar-refractivity contribution in [2.45, 2.75) is 65.0 Å². The van der Waals surface area contributed by atoms with E-state index in [4.69, 9.17) is 22.7 Å². The summed E-state index contributed by atoms with van der Waals surface area (Å²) >= 11 is 4.96. The van der Waals surface area contributed by atoms with Crippen LogP contribution in [0.1, 0.15) is 53.4 Å². The second-order valence-corrected chi connectivity index (χ2v) is 6.33. The predicted molar refractivity (Wildman–Crippen MR) is 81.0 cm³/mol. The topological polar surface area (TPSA) is 64.4 Å². The molecule has 0 saturated carbocycles. The molecule has 1 heterocycles. The number of amides is 1. The average molecular weight is 286 g/mol. The summed E-state index contributed by atoms with van der Waals surface area (Å²) in [6.07, 6.45) is 3.64. The van der Waals surface area contributed by atoms with E-state index in [9.17, 15) is 4.79 Å². The summed E-state index contributed by atoms with van der Waals surface area (Å²) in [4.78, 5) is 12.5. The Balaban J connectivity index is 2.68. The standard InChI is InChI=1S/C14H26N2O2S/c1-5-14(6-2)9-10(7-8-18-14)16-12(17)13(3,4)11(15)19/h10H,5-9H2,1-4H3,(H2,15,19)(H,16,17). The van der Waals surface area contributed by atoms with Gasteiger partial charge in [-0.15, -0.1) is 0 Å². The molecule has 1 fully saturated rings. The molecule has 0 aromatic carbocycles. The van der Waals surface area contributed by atoms with Crippen LogP contribution in [0.25, 0.3) is 0 Å². The molecule has 1 saturated heterocycles. The van der Waals surface area contributed by atoms with Crippen molar-refractivity contribution in [1.82, 2.24) is 5.32 Å². The van der Waals surface area contributed by atoms with Crippen molar-refractivity contribution in [2.24, 2.45) is 11.1 Å². The molecular formula is C14H26N2O2S. The molecular weight excluding hydrogens is 260 g/mol. The highest BCUT2D eigenvalue weighted by Gasteiger charge is 2.38. The van der Waals surface area contributed by atoms with E-state index in [0.29, 0.717) is 6.61 Å². The summed E-state index contributed by atoms with van der Waals surface area (Å²) in [5, 5.41) is 3.08. The average Bonchev–Trinajstić information content (AvgIpc) is 2.38. The number of nitrogens with one attached hydrogen (secondary N) is 1. The van der Waals surface area contributed by atoms with Gasteiger partial charge in [0.2, 0.25) is 5.91 Å². The zero-order chi connectivity index (χ0) is 14.7. The van der Waals surface area contributed by atoms with Crippen LogP contribution in [0.4, 0.5) is 0 Å². The highest BCUT2D eigenvalue weighted by Crippen LogP contribution is 2.31. The lowest BCUT2D eigenvalue weighted by Crippen LogP contribution is -2.53. The summed E-state index contributed by atoms with van der Waals surface area (Å²) in [6.45, 7) is 8.48. The molecule has 4 nitrogen and oxygen atoms in total. The minimum atomic E-state index is -0.797. The Hall–Kier alpha value is -0.680. The Bertz CT molecular complexity index is 351. The molecule has 110 valence electrons. The fourth-order valence-electron chi connectivity index (χ4n) is 2.37. The molecule has 0 bridgehead atoms. The molecule has 0 aromatic rings. The maximum Gasteiger partial charge on any atom is 0.232 e. The fraction of sp³-hybridized carbons (Fsp3) is 0.857. The molecule has 0 aliphatic carbocycles. The summed E-state index contributed by atoms with van der Waals surface area (Å²) in [6, 6.07) is 0.148. The van der Waals surface area contributed by atoms with E-state index in [-0.39, 0.29) is 22.5 Å². The van der Waals surface area contributed by atoms with Crippen molar-refractivity contribution >= 4 is 23.1 Å². The minimum absolute atomic E-state index is 0.0898. The summed E-state index contributed by atoms with van der Waals surface area (Å²) in [5.74, 6) is -0.0898. The highest BCUT2D eigenvalue weighted by molar-refractivity contribution is 7.80. The van der Waals surface area contributed by atoms with E-state index in [1.165, 1.54) is 0 Å². The minimum Gasteiger partial charge on any atom is -0.392 e. The van der Waals surface area contributed by atoms with E-state index in [1.54, 1.807) is 13.8 Å². The molecule has 1 amide bonds. The van der Waals surface area contributed by atoms with E-state index in [1.807, 2.05) is 0 Å². The van der Waals surface area contributed by atoms with Crippen LogP contribution in [0.3, 0.4) is 0 Å². The lowest BCUT2D eigenvalue weighted by molar-refractivity contribution is -0.130. The van der Waals surface area contributed by atoms with Gasteiger partial charge in [-0.3, -0.25) is 4.79 Å². The Kier molecular flexibility index (Phi) is 5.33. The normalized spacial score (nSPS) is 22.8. The van der Waals surface area contributed by atoms with E-state index in [0.717, 1.165) is 25.7 Å². The van der Waals surface area contributed by atoms with E-state index < -0.39 is 5.41 Å². The number of carbonyl (C=O) groups is 1. The van der Waals surface area contributed by atoms with Gasteiger partial charge < -0.3 is 15.8 Å². The van der Waals surface area contributed by atoms with Gasteiger partial charge in [0.15, 0.2) is 0 Å². The summed E-state index contributed by atoms with van der Waals surface area (Å²) in [7, 11) is 0. The number of hydrogen-bond donors (Lipinski definition) is 2. The Morgan fingerprint density at radius 2 is 2.05 bits per heavy atom. The molecule has 5 heteroatoms. The van der Waals surface area contributed by atoms with Crippen LogP contribution in [0.5, 0.6) is 0 Å². The first-order valence-electron chi connectivity index (χ1n) is 7.02. The van der Waals surface area contributed by atoms with Crippen molar-refractivity contribution < 1.29 is 9.53 Å². The van der Waals surface area contributed by atoms with Crippen molar-refractivity contribution in [3.05, 3.63) is 0 Å². The van der Waals surface area contributed by atoms with Gasteiger partial charge in [0.1, 0.15) is 0 Å². The number of rotatable bonds is 5. The SMILES string of the molecule is CCC1(CC)CC(NC(=O)C(C)(C)C(N)=S)CCO1. The first-order valence-corrected chi connectivity index (χ1v) is 7.43. The molecule has 0 radical (unpaired) electrons. The number of ether oxygens (including phenoxy) is 1. The van der Waals surface area contributed by atoms with Gasteiger partial charge in [0.05, 0.1) is 16.0 Å². The van der Waals surface area contributed by atoms with Crippen molar-refractivity contribution in [2.75, 3.05) is 6.61 Å². The summed E-state index contributed by atoms with van der Waals surface area (Å²) < 4.78 is 5.91. The Morgan fingerprint density at radius 3 is 2.53 bits per heavy atom. The van der Waals surface area contributed by atoms with Crippen LogP contribution in [0.2, 0.25) is 0 Å². The van der Waals surface area contributed by atoms with Gasteiger partial charge in [-0.1, -0.05) is 26.1 Å². The number of thiocarbonyl (C=S) groups is 1. The lowest BCUT2D eigenvalue weighted by atomic mass is 9.85. The van der Waals surface area contributed by atoms with Crippen LogP contribution in [0, 0.1) is 5.41 Å². The Morgan fingerprint density at radius 1 is 1.47 bits per heavy atom. The molecule has 1 atom stereocenters. The van der Waals surface area contributed by atoms with E-state index >= 15 is 0 Å². The third kappa shape index (κ3) is 3.66. The molecule has 1 rings (SSSR count). The number of carbonyl (C=O) groups excluding carboxylic acids is 1. The predicted octanol–water partition coefficient (Wildman–Crippen LogP) is 2.15. The summed E-state index contributed by atoms with van der Waals surface area (Å²) in [5.41, 5.74) is 4.74. The molecule has 19 heavy (non-hydrogen) atoms. The van der Waals surface area contributed by atoms with Crippen LogP contribution in [0.15, 0.2) is 0 Å². The van der Waals surface area contributed by atoms with Gasteiger partial charge in [-0.05, 0) is 39.5 Å². The monoisotopic (exact) mass is 286 g/mol. The number of hydrogen-bond acceptors (Lipinski definition) is 3. The van der Waals surface area contributed by atoms with Crippen molar-refractivity contribution in [1.29, 1.82) is 0 Å². The highest BCUT2D eigenvalue weighted by atomic mass is 32.1. The van der Waals surface area contributed by atoms with E-state index in [2.05, 4.69) is 19.2 Å². The van der Waals surface area contributed by atoms with Crippen LogP contribution in [-0.2, 0) is 9.53 Å². The zero-order valence-electron chi connectivity index (χ0n) is 12.4. The molecule has 0 spiro atoms. The molecule has 1 aliphatic heterocycles. The van der Waals surface area contributed by atoms with Gasteiger partial charge in [0, 0.05) is 12.6 Å². The lowest BCUT2D eigenvalue weighted by Gasteiger charge is -2.41. The number of nitrogens with two attached hydrogens (primary N) is 1. The maximum atomic E-state index is 12.2. The Labute approximate surface area is 121 Å². The van der Waals surface area contributed by atoms with Crippen LogP contribution in [-0.4, -0.2) is 29.1 Å². The van der Waals surface area contributed by atoms with Crippen molar-refractivity contribution in [3.8, 4) is 0 Å². The van der Waals surface area contributed by atoms with Gasteiger partial charge in [-0.2, -0.15) is 0 Å². The zero-order valence-corrected chi connectivity index (χ0v) is 13.2. The van der Waals surface area contributed by atoms with Crippen LogP contribution < -0.4 is 11.1 Å².